The van der Waals surface area contributed by atoms with Crippen LogP contribution in [0.4, 0.5) is 0 Å². The summed E-state index contributed by atoms with van der Waals surface area (Å²) in [7, 11) is -0.897. The van der Waals surface area contributed by atoms with E-state index in [2.05, 4.69) is 14.7 Å². The summed E-state index contributed by atoms with van der Waals surface area (Å²) in [6.07, 6.45) is 3.38. The molecule has 1 N–H and O–H groups in total. The van der Waals surface area contributed by atoms with Gasteiger partial charge in [-0.2, -0.15) is 0 Å². The van der Waals surface area contributed by atoms with E-state index in [1.165, 1.54) is 31.6 Å². The first-order chi connectivity index (χ1) is 12.5. The quantitative estimate of drug-likeness (QED) is 0.666. The number of pyridine rings is 1. The molecule has 7 nitrogen and oxygen atoms in total. The Morgan fingerprint density at radius 3 is 2.58 bits per heavy atom. The maximum absolute atomic E-state index is 12.7. The SMILES string of the molecule is COc1ccc(OC)c(S(=O)(=O)NCc2csc(-c3ccncc3)n2)c1. The van der Waals surface area contributed by atoms with Crippen molar-refractivity contribution in [2.24, 2.45) is 0 Å². The first kappa shape index (κ1) is 18.3. The highest BCUT2D eigenvalue weighted by Crippen LogP contribution is 2.28. The second-order valence-electron chi connectivity index (χ2n) is 5.22. The van der Waals surface area contributed by atoms with Crippen molar-refractivity contribution >= 4 is 21.4 Å². The van der Waals surface area contributed by atoms with E-state index in [9.17, 15) is 8.42 Å². The van der Waals surface area contributed by atoms with Gasteiger partial charge in [-0.15, -0.1) is 11.3 Å². The standard InChI is InChI=1S/C17H17N3O4S2/c1-23-14-3-4-15(24-2)16(9-14)26(21,22)19-10-13-11-25-17(20-13)12-5-7-18-8-6-12/h3-9,11,19H,10H2,1-2H3. The Bertz CT molecular complexity index is 988. The van der Waals surface area contributed by atoms with Crippen LogP contribution >= 0.6 is 11.3 Å². The van der Waals surface area contributed by atoms with Gasteiger partial charge in [-0.05, 0) is 24.3 Å². The molecule has 0 atom stereocenters. The number of nitrogens with zero attached hydrogens (tertiary/aromatic N) is 2. The predicted octanol–water partition coefficient (Wildman–Crippen LogP) is 2.70. The first-order valence-corrected chi connectivity index (χ1v) is 9.96. The van der Waals surface area contributed by atoms with Crippen LogP contribution < -0.4 is 14.2 Å². The number of benzene rings is 1. The molecule has 0 aliphatic heterocycles. The van der Waals surface area contributed by atoms with E-state index in [4.69, 9.17) is 9.47 Å². The molecule has 0 aliphatic rings. The van der Waals surface area contributed by atoms with Crippen LogP contribution in [0.15, 0.2) is 53.0 Å². The van der Waals surface area contributed by atoms with E-state index in [0.29, 0.717) is 11.4 Å². The van der Waals surface area contributed by atoms with Crippen molar-refractivity contribution in [2.45, 2.75) is 11.4 Å². The number of hydrogen-bond donors (Lipinski definition) is 1. The highest BCUT2D eigenvalue weighted by molar-refractivity contribution is 7.89. The van der Waals surface area contributed by atoms with Gasteiger partial charge in [0, 0.05) is 29.4 Å². The Morgan fingerprint density at radius 2 is 1.88 bits per heavy atom. The fraction of sp³-hybridized carbons (Fsp3) is 0.176. The molecule has 26 heavy (non-hydrogen) atoms. The number of nitrogens with one attached hydrogen (secondary N) is 1. The highest BCUT2D eigenvalue weighted by Gasteiger charge is 2.21. The molecule has 3 aromatic rings. The Kier molecular flexibility index (Phi) is 5.50. The van der Waals surface area contributed by atoms with Crippen molar-refractivity contribution in [2.75, 3.05) is 14.2 Å². The Morgan fingerprint density at radius 1 is 1.12 bits per heavy atom. The van der Waals surface area contributed by atoms with Crippen LogP contribution in [-0.2, 0) is 16.6 Å². The molecule has 0 aliphatic carbocycles. The second-order valence-corrected chi connectivity index (χ2v) is 7.81. The number of thiazole rings is 1. The molecule has 2 aromatic heterocycles. The van der Waals surface area contributed by atoms with Gasteiger partial charge < -0.3 is 9.47 Å². The number of sulfonamides is 1. The first-order valence-electron chi connectivity index (χ1n) is 7.60. The summed E-state index contributed by atoms with van der Waals surface area (Å²) in [5.41, 5.74) is 1.57. The average Bonchev–Trinajstić information content (AvgIpc) is 3.16. The lowest BCUT2D eigenvalue weighted by molar-refractivity contribution is 0.392. The molecule has 2 heterocycles. The third-order valence-corrected chi connectivity index (χ3v) is 5.95. The van der Waals surface area contributed by atoms with Crippen molar-refractivity contribution in [1.29, 1.82) is 0 Å². The van der Waals surface area contributed by atoms with Crippen LogP contribution in [0.2, 0.25) is 0 Å². The average molecular weight is 391 g/mol. The van der Waals surface area contributed by atoms with Crippen molar-refractivity contribution in [3.05, 3.63) is 53.8 Å². The van der Waals surface area contributed by atoms with Crippen molar-refractivity contribution in [3.8, 4) is 22.1 Å². The van der Waals surface area contributed by atoms with Crippen LogP contribution in [0.1, 0.15) is 5.69 Å². The van der Waals surface area contributed by atoms with Gasteiger partial charge in [0.1, 0.15) is 21.4 Å². The third kappa shape index (κ3) is 4.01. The molecule has 0 fully saturated rings. The summed E-state index contributed by atoms with van der Waals surface area (Å²) < 4.78 is 38.1. The molecule has 0 saturated carbocycles. The normalized spacial score (nSPS) is 11.3. The molecule has 0 unspecified atom stereocenters. The molecule has 9 heteroatoms. The van der Waals surface area contributed by atoms with E-state index >= 15 is 0 Å². The van der Waals surface area contributed by atoms with Crippen molar-refractivity contribution < 1.29 is 17.9 Å². The second kappa shape index (κ2) is 7.81. The minimum absolute atomic E-state index is 0.0175. The lowest BCUT2D eigenvalue weighted by Crippen LogP contribution is -2.24. The van der Waals surface area contributed by atoms with Gasteiger partial charge in [-0.25, -0.2) is 18.1 Å². The smallest absolute Gasteiger partial charge is 0.244 e. The van der Waals surface area contributed by atoms with Gasteiger partial charge in [0.25, 0.3) is 0 Å². The summed E-state index contributed by atoms with van der Waals surface area (Å²) >= 11 is 1.44. The zero-order valence-corrected chi connectivity index (χ0v) is 15.8. The van der Waals surface area contributed by atoms with E-state index in [1.807, 2.05) is 17.5 Å². The molecule has 0 amide bonds. The summed E-state index contributed by atoms with van der Waals surface area (Å²) in [6, 6.07) is 8.32. The summed E-state index contributed by atoms with van der Waals surface area (Å²) in [6.45, 7) is 0.0737. The Labute approximate surface area is 155 Å². The molecule has 1 aromatic carbocycles. The number of methoxy groups -OCH3 is 2. The molecule has 0 bridgehead atoms. The summed E-state index contributed by atoms with van der Waals surface area (Å²) in [5.74, 6) is 0.675. The van der Waals surface area contributed by atoms with Crippen molar-refractivity contribution in [1.82, 2.24) is 14.7 Å². The molecule has 0 saturated heterocycles. The fourth-order valence-electron chi connectivity index (χ4n) is 2.26. The number of hydrogen-bond acceptors (Lipinski definition) is 7. The Hall–Kier alpha value is -2.49. The highest BCUT2D eigenvalue weighted by atomic mass is 32.2. The fourth-order valence-corrected chi connectivity index (χ4v) is 4.26. The van der Waals surface area contributed by atoms with Gasteiger partial charge in [0.2, 0.25) is 10.0 Å². The molecule has 136 valence electrons. The van der Waals surface area contributed by atoms with E-state index in [0.717, 1.165) is 10.6 Å². The lowest BCUT2D eigenvalue weighted by atomic mass is 10.3. The van der Waals surface area contributed by atoms with E-state index in [1.54, 1.807) is 24.5 Å². The zero-order valence-electron chi connectivity index (χ0n) is 14.2. The lowest BCUT2D eigenvalue weighted by Gasteiger charge is -2.11. The summed E-state index contributed by atoms with van der Waals surface area (Å²) in [5, 5.41) is 2.63. The van der Waals surface area contributed by atoms with Crippen LogP contribution in [0, 0.1) is 0 Å². The number of rotatable bonds is 7. The van der Waals surface area contributed by atoms with Crippen LogP contribution in [0.5, 0.6) is 11.5 Å². The molecule has 0 spiro atoms. The predicted molar refractivity (Wildman–Crippen MR) is 98.9 cm³/mol. The number of aromatic nitrogens is 2. The van der Waals surface area contributed by atoms with Gasteiger partial charge in [-0.1, -0.05) is 0 Å². The molecular weight excluding hydrogens is 374 g/mol. The number of ether oxygens (including phenoxy) is 2. The zero-order chi connectivity index (χ0) is 18.6. The van der Waals surface area contributed by atoms with Crippen LogP contribution in [-0.4, -0.2) is 32.6 Å². The van der Waals surface area contributed by atoms with E-state index in [-0.39, 0.29) is 17.2 Å². The minimum atomic E-state index is -3.79. The Balaban J connectivity index is 1.78. The summed E-state index contributed by atoms with van der Waals surface area (Å²) in [4.78, 5) is 8.45. The molecule has 3 rings (SSSR count). The maximum Gasteiger partial charge on any atom is 0.244 e. The van der Waals surface area contributed by atoms with Crippen LogP contribution in [0.25, 0.3) is 10.6 Å². The van der Waals surface area contributed by atoms with Gasteiger partial charge in [0.05, 0.1) is 26.5 Å². The monoisotopic (exact) mass is 391 g/mol. The van der Waals surface area contributed by atoms with Gasteiger partial charge >= 0.3 is 0 Å². The third-order valence-electron chi connectivity index (χ3n) is 3.58. The maximum atomic E-state index is 12.7. The van der Waals surface area contributed by atoms with E-state index < -0.39 is 10.0 Å². The van der Waals surface area contributed by atoms with Crippen molar-refractivity contribution in [3.63, 3.8) is 0 Å². The molecular formula is C17H17N3O4S2. The van der Waals surface area contributed by atoms with Crippen LogP contribution in [0.3, 0.4) is 0 Å². The molecule has 0 radical (unpaired) electrons. The van der Waals surface area contributed by atoms with Gasteiger partial charge in [-0.3, -0.25) is 4.98 Å². The minimum Gasteiger partial charge on any atom is -0.497 e. The van der Waals surface area contributed by atoms with Gasteiger partial charge in [0.15, 0.2) is 0 Å². The largest absolute Gasteiger partial charge is 0.497 e. The topological polar surface area (TPSA) is 90.4 Å².